The fourth-order valence-electron chi connectivity index (χ4n) is 4.31. The number of amides is 3. The lowest BCUT2D eigenvalue weighted by atomic mass is 10.0. The second-order valence-electron chi connectivity index (χ2n) is 7.96. The summed E-state index contributed by atoms with van der Waals surface area (Å²) in [6.45, 7) is 4.59. The average molecular weight is 382 g/mol. The highest BCUT2D eigenvalue weighted by Crippen LogP contribution is 2.23. The van der Waals surface area contributed by atoms with Gasteiger partial charge >= 0.3 is 11.9 Å². The van der Waals surface area contributed by atoms with Gasteiger partial charge in [-0.25, -0.2) is 9.37 Å². The molecule has 3 aliphatic heterocycles. The second-order valence-corrected chi connectivity index (χ2v) is 7.96. The Bertz CT molecular complexity index is 848. The molecule has 0 radical (unpaired) electrons. The fourth-order valence-corrected chi connectivity index (χ4v) is 4.31. The Labute approximate surface area is 165 Å². The molecule has 7 heteroatoms. The lowest BCUT2D eigenvalue weighted by Crippen LogP contribution is -2.61. The summed E-state index contributed by atoms with van der Waals surface area (Å²) in [5.74, 6) is 1.21. The number of carbonyl (C=O) groups excluding carboxylic acids is 2. The number of rotatable bonds is 4. The van der Waals surface area contributed by atoms with Gasteiger partial charge in [-0.3, -0.25) is 19.5 Å². The molecule has 1 aromatic rings. The second kappa shape index (κ2) is 7.47. The Morgan fingerprint density at radius 2 is 1.86 bits per heavy atom. The van der Waals surface area contributed by atoms with Crippen LogP contribution in [-0.2, 0) is 11.3 Å². The minimum Gasteiger partial charge on any atom is -0.289 e. The van der Waals surface area contributed by atoms with Crippen LogP contribution in [0.2, 0.25) is 0 Å². The molecule has 2 atom stereocenters. The summed E-state index contributed by atoms with van der Waals surface area (Å²) in [5.41, 5.74) is 1.12. The molecule has 4 rings (SSSR count). The minimum atomic E-state index is -0.539. The highest BCUT2D eigenvalue weighted by Gasteiger charge is 2.53. The molecular weight excluding hydrogens is 354 g/mol. The number of urea groups is 1. The van der Waals surface area contributed by atoms with E-state index in [2.05, 4.69) is 28.5 Å². The van der Waals surface area contributed by atoms with E-state index in [0.717, 1.165) is 17.9 Å². The zero-order chi connectivity index (χ0) is 19.8. The van der Waals surface area contributed by atoms with Gasteiger partial charge in [0.2, 0.25) is 0 Å². The van der Waals surface area contributed by atoms with Gasteiger partial charge in [-0.15, -0.1) is 0 Å². The standard InChI is InChI=1S/C21H28N5O2/c1-15-9-7-8-12-25(15)14-17-22-19-18(20(27)24(3)21(28)23(19)2)26(17)13-16-10-5-4-6-11-16/h4-6,10-11,15,18H,7-9,12-14H2,1-3H3/q+1. The van der Waals surface area contributed by atoms with Gasteiger partial charge in [0.25, 0.3) is 17.8 Å². The molecule has 0 N–H and O–H groups in total. The molecule has 1 aromatic carbocycles. The first-order valence-electron chi connectivity index (χ1n) is 10.0. The number of carbonyl (C=O) groups is 2. The monoisotopic (exact) mass is 382 g/mol. The molecule has 7 nitrogen and oxygen atoms in total. The molecule has 3 aliphatic rings. The van der Waals surface area contributed by atoms with Crippen molar-refractivity contribution in [1.29, 1.82) is 0 Å². The van der Waals surface area contributed by atoms with E-state index in [9.17, 15) is 9.59 Å². The van der Waals surface area contributed by atoms with E-state index in [1.165, 1.54) is 29.1 Å². The van der Waals surface area contributed by atoms with E-state index in [0.29, 0.717) is 25.0 Å². The number of likely N-dealkylation sites (N-methyl/N-ethyl adjacent to an activating group) is 2. The molecular formula is C21H28N5O2+. The minimum absolute atomic E-state index is 0.209. The summed E-state index contributed by atoms with van der Waals surface area (Å²) in [6, 6.07) is 9.75. The summed E-state index contributed by atoms with van der Waals surface area (Å²) in [6.07, 6.45) is 3.64. The number of fused-ring (bicyclic) bond motifs is 1. The third-order valence-electron chi connectivity index (χ3n) is 6.09. The summed E-state index contributed by atoms with van der Waals surface area (Å²) < 4.78 is 2.08. The van der Waals surface area contributed by atoms with Gasteiger partial charge in [0.05, 0.1) is 0 Å². The Kier molecular flexibility index (Phi) is 5.02. The van der Waals surface area contributed by atoms with Crippen molar-refractivity contribution in [3.05, 3.63) is 35.9 Å². The van der Waals surface area contributed by atoms with E-state index in [-0.39, 0.29) is 11.9 Å². The maximum absolute atomic E-state index is 13.0. The number of aliphatic imine (C=N–C) groups is 1. The summed E-state index contributed by atoms with van der Waals surface area (Å²) in [7, 11) is 3.24. The molecule has 0 saturated carbocycles. The van der Waals surface area contributed by atoms with Gasteiger partial charge in [-0.1, -0.05) is 36.8 Å². The topological polar surface area (TPSA) is 59.2 Å². The van der Waals surface area contributed by atoms with E-state index < -0.39 is 6.04 Å². The van der Waals surface area contributed by atoms with Crippen LogP contribution in [0.3, 0.4) is 0 Å². The quantitative estimate of drug-likeness (QED) is 0.746. The number of hydrogen-bond donors (Lipinski definition) is 0. The fraction of sp³-hybridized carbons (Fsp3) is 0.524. The zero-order valence-corrected chi connectivity index (χ0v) is 16.8. The van der Waals surface area contributed by atoms with Crippen LogP contribution in [0.25, 0.3) is 0 Å². The number of hydrogen-bond acceptors (Lipinski definition) is 4. The Morgan fingerprint density at radius 3 is 2.57 bits per heavy atom. The molecule has 2 unspecified atom stereocenters. The van der Waals surface area contributed by atoms with E-state index >= 15 is 0 Å². The normalized spacial score (nSPS) is 26.0. The van der Waals surface area contributed by atoms with Crippen molar-refractivity contribution >= 4 is 23.6 Å². The average Bonchev–Trinajstić information content (AvgIpc) is 3.05. The first-order valence-corrected chi connectivity index (χ1v) is 10.0. The number of likely N-dealkylation sites (tertiary alicyclic amines) is 1. The highest BCUT2D eigenvalue weighted by molar-refractivity contribution is 6.23. The molecule has 3 heterocycles. The number of nitrogens with zero attached hydrogens (tertiary/aromatic N) is 5. The van der Waals surface area contributed by atoms with E-state index in [1.807, 2.05) is 18.2 Å². The van der Waals surface area contributed by atoms with E-state index in [1.54, 1.807) is 14.1 Å². The van der Waals surface area contributed by atoms with Crippen molar-refractivity contribution < 1.29 is 14.2 Å². The van der Waals surface area contributed by atoms with Crippen molar-refractivity contribution in [3.63, 3.8) is 0 Å². The highest BCUT2D eigenvalue weighted by atomic mass is 16.2. The Hall–Kier alpha value is -2.54. The van der Waals surface area contributed by atoms with Crippen LogP contribution in [0.1, 0.15) is 31.7 Å². The Morgan fingerprint density at radius 1 is 1.11 bits per heavy atom. The molecule has 0 aromatic heterocycles. The summed E-state index contributed by atoms with van der Waals surface area (Å²) >= 11 is 0. The third kappa shape index (κ3) is 3.24. The van der Waals surface area contributed by atoms with Gasteiger partial charge in [0.15, 0.2) is 0 Å². The molecule has 0 aliphatic carbocycles. The molecule has 0 bridgehead atoms. The first kappa shape index (κ1) is 18.8. The predicted octanol–water partition coefficient (Wildman–Crippen LogP) is 1.78. The van der Waals surface area contributed by atoms with Gasteiger partial charge in [0.1, 0.15) is 13.1 Å². The maximum Gasteiger partial charge on any atom is 0.333 e. The molecule has 2 saturated heterocycles. The molecule has 148 valence electrons. The third-order valence-corrected chi connectivity index (χ3v) is 6.09. The van der Waals surface area contributed by atoms with Crippen LogP contribution in [-0.4, -0.2) is 82.2 Å². The predicted molar refractivity (Wildman–Crippen MR) is 107 cm³/mol. The summed E-state index contributed by atoms with van der Waals surface area (Å²) in [5, 5.41) is 0. The molecule has 2 fully saturated rings. The van der Waals surface area contributed by atoms with Crippen LogP contribution in [0.5, 0.6) is 0 Å². The van der Waals surface area contributed by atoms with Crippen LogP contribution < -0.4 is 0 Å². The first-order chi connectivity index (χ1) is 13.5. The lowest BCUT2D eigenvalue weighted by molar-refractivity contribution is -0.552. The van der Waals surface area contributed by atoms with Crippen LogP contribution in [0, 0.1) is 0 Å². The van der Waals surface area contributed by atoms with E-state index in [4.69, 9.17) is 4.99 Å². The van der Waals surface area contributed by atoms with Gasteiger partial charge in [0, 0.05) is 20.1 Å². The Balaban J connectivity index is 1.71. The van der Waals surface area contributed by atoms with Gasteiger partial charge < -0.3 is 0 Å². The summed E-state index contributed by atoms with van der Waals surface area (Å²) in [4.78, 5) is 35.4. The molecule has 3 amide bonds. The van der Waals surface area contributed by atoms with Crippen molar-refractivity contribution in [2.24, 2.45) is 4.99 Å². The smallest absolute Gasteiger partial charge is 0.289 e. The largest absolute Gasteiger partial charge is 0.333 e. The lowest BCUT2D eigenvalue weighted by Gasteiger charge is -2.32. The molecule has 0 spiro atoms. The van der Waals surface area contributed by atoms with Crippen LogP contribution in [0.15, 0.2) is 35.3 Å². The van der Waals surface area contributed by atoms with Crippen molar-refractivity contribution in [1.82, 2.24) is 14.7 Å². The van der Waals surface area contributed by atoms with Crippen molar-refractivity contribution in [2.75, 3.05) is 27.2 Å². The molecule has 28 heavy (non-hydrogen) atoms. The van der Waals surface area contributed by atoms with Crippen LogP contribution in [0.4, 0.5) is 4.79 Å². The number of imide groups is 1. The van der Waals surface area contributed by atoms with Gasteiger partial charge in [-0.05, 0) is 36.9 Å². The maximum atomic E-state index is 13.0. The number of benzene rings is 1. The number of piperidine rings is 1. The van der Waals surface area contributed by atoms with Crippen molar-refractivity contribution in [2.45, 2.75) is 44.8 Å². The van der Waals surface area contributed by atoms with Crippen LogP contribution >= 0.6 is 0 Å². The number of amidine groups is 2. The SMILES string of the molecule is CC1CCCCN1CC1=[N+](Cc2ccccc2)C2C(=O)N(C)C(=O)N(C)C2=N1. The zero-order valence-electron chi connectivity index (χ0n) is 16.8. The van der Waals surface area contributed by atoms with Crippen molar-refractivity contribution in [3.8, 4) is 0 Å². The van der Waals surface area contributed by atoms with Gasteiger partial charge in [-0.2, -0.15) is 0 Å².